The molecule has 2 aliphatic rings. The van der Waals surface area contributed by atoms with E-state index in [0.717, 1.165) is 50.0 Å². The highest BCUT2D eigenvalue weighted by Crippen LogP contribution is 2.34. The molecule has 2 heterocycles. The van der Waals surface area contributed by atoms with Crippen LogP contribution in [-0.4, -0.2) is 59.4 Å². The van der Waals surface area contributed by atoms with Crippen molar-refractivity contribution in [2.45, 2.75) is 56.8 Å². The lowest BCUT2D eigenvalue weighted by Gasteiger charge is -2.51. The van der Waals surface area contributed by atoms with Crippen LogP contribution in [0.4, 0.5) is 0 Å². The fourth-order valence-corrected chi connectivity index (χ4v) is 5.81. The summed E-state index contributed by atoms with van der Waals surface area (Å²) in [5.74, 6) is -0.0992. The summed E-state index contributed by atoms with van der Waals surface area (Å²) in [6.45, 7) is 3.64. The highest BCUT2D eigenvalue weighted by atomic mass is 16.5. The van der Waals surface area contributed by atoms with Gasteiger partial charge in [-0.3, -0.25) is 9.59 Å². The van der Waals surface area contributed by atoms with Gasteiger partial charge in [0.2, 0.25) is 11.8 Å². The minimum Gasteiger partial charge on any atom is -0.374 e. The number of carbonyl (C=O) groups excluding carboxylic acids is 2. The van der Waals surface area contributed by atoms with Gasteiger partial charge in [0, 0.05) is 19.6 Å². The largest absolute Gasteiger partial charge is 0.374 e. The van der Waals surface area contributed by atoms with Gasteiger partial charge in [-0.2, -0.15) is 0 Å². The maximum Gasteiger partial charge on any atom is 0.248 e. The van der Waals surface area contributed by atoms with Crippen LogP contribution in [0.3, 0.4) is 0 Å². The number of piperazine rings is 1. The number of likely N-dealkylation sites (tertiary alicyclic amines) is 1. The molecule has 0 aromatic heterocycles. The molecule has 2 saturated heterocycles. The minimum atomic E-state index is -0.816. The van der Waals surface area contributed by atoms with Crippen molar-refractivity contribution in [3.05, 3.63) is 108 Å². The highest BCUT2D eigenvalue weighted by molar-refractivity contribution is 6.00. The molecule has 1 N–H and O–H groups in total. The van der Waals surface area contributed by atoms with E-state index >= 15 is 0 Å². The molecular formula is C33H39N3O3. The molecule has 3 aromatic rings. The molecule has 3 aromatic carbocycles. The van der Waals surface area contributed by atoms with Gasteiger partial charge in [0.25, 0.3) is 0 Å². The van der Waals surface area contributed by atoms with Gasteiger partial charge >= 0.3 is 0 Å². The molecular weight excluding hydrogens is 486 g/mol. The molecule has 39 heavy (non-hydrogen) atoms. The molecule has 2 aliphatic heterocycles. The molecule has 0 saturated carbocycles. The first-order valence-corrected chi connectivity index (χ1v) is 14.2. The van der Waals surface area contributed by atoms with E-state index < -0.39 is 11.6 Å². The van der Waals surface area contributed by atoms with Gasteiger partial charge in [-0.1, -0.05) is 91.0 Å². The summed E-state index contributed by atoms with van der Waals surface area (Å²) in [6, 6.07) is 29.8. The summed E-state index contributed by atoms with van der Waals surface area (Å²) in [7, 11) is 0. The third kappa shape index (κ3) is 6.75. The highest BCUT2D eigenvalue weighted by Gasteiger charge is 2.53. The Morgan fingerprint density at radius 1 is 0.769 bits per heavy atom. The van der Waals surface area contributed by atoms with Crippen LogP contribution in [0.5, 0.6) is 0 Å². The number of hydrogen-bond acceptors (Lipinski definition) is 4. The van der Waals surface area contributed by atoms with Crippen molar-refractivity contribution in [1.29, 1.82) is 0 Å². The van der Waals surface area contributed by atoms with Gasteiger partial charge in [-0.15, -0.1) is 0 Å². The molecule has 0 bridgehead atoms. The smallest absolute Gasteiger partial charge is 0.248 e. The predicted octanol–water partition coefficient (Wildman–Crippen LogP) is 4.59. The van der Waals surface area contributed by atoms with Gasteiger partial charge in [0.05, 0.1) is 13.2 Å². The van der Waals surface area contributed by atoms with Crippen molar-refractivity contribution < 1.29 is 14.3 Å². The van der Waals surface area contributed by atoms with Crippen LogP contribution in [-0.2, 0) is 33.9 Å². The molecule has 6 heteroatoms. The summed E-state index contributed by atoms with van der Waals surface area (Å²) < 4.78 is 5.89. The molecule has 1 spiro atoms. The Labute approximate surface area is 232 Å². The number of piperidine rings is 1. The van der Waals surface area contributed by atoms with Crippen molar-refractivity contribution in [2.24, 2.45) is 0 Å². The normalized spacial score (nSPS) is 19.3. The van der Waals surface area contributed by atoms with Crippen LogP contribution >= 0.6 is 0 Å². The number of ether oxygens (including phenoxy) is 1. The fraction of sp³-hybridized carbons (Fsp3) is 0.394. The van der Waals surface area contributed by atoms with Gasteiger partial charge in [0.1, 0.15) is 11.6 Å². The average molecular weight is 526 g/mol. The Kier molecular flexibility index (Phi) is 9.07. The summed E-state index contributed by atoms with van der Waals surface area (Å²) in [4.78, 5) is 31.8. The quantitative estimate of drug-likeness (QED) is 0.372. The SMILES string of the molecule is O=C1C(COCc2ccccc2)NC(=O)C2(CCN(CCCCc3ccccc3)CC2)N1Cc1ccccc1. The Balaban J connectivity index is 1.21. The van der Waals surface area contributed by atoms with Crippen molar-refractivity contribution in [2.75, 3.05) is 26.2 Å². The number of carbonyl (C=O) groups is 2. The van der Waals surface area contributed by atoms with Crippen molar-refractivity contribution in [3.8, 4) is 0 Å². The number of nitrogens with one attached hydrogen (secondary N) is 1. The van der Waals surface area contributed by atoms with Crippen LogP contribution in [0.15, 0.2) is 91.0 Å². The van der Waals surface area contributed by atoms with E-state index in [1.807, 2.05) is 65.6 Å². The number of benzene rings is 3. The first-order chi connectivity index (χ1) is 19.1. The lowest BCUT2D eigenvalue weighted by Crippen LogP contribution is -2.73. The van der Waals surface area contributed by atoms with Gasteiger partial charge in [0.15, 0.2) is 0 Å². The fourth-order valence-electron chi connectivity index (χ4n) is 5.81. The molecule has 0 radical (unpaired) electrons. The molecule has 1 unspecified atom stereocenters. The number of unbranched alkanes of at least 4 members (excludes halogenated alkanes) is 1. The Bertz CT molecular complexity index is 1190. The summed E-state index contributed by atoms with van der Waals surface area (Å²) in [5.41, 5.74) is 2.64. The van der Waals surface area contributed by atoms with E-state index in [0.29, 0.717) is 26.0 Å². The lowest BCUT2D eigenvalue weighted by atomic mass is 9.81. The molecule has 1 atom stereocenters. The lowest BCUT2D eigenvalue weighted by molar-refractivity contribution is -0.164. The maximum atomic E-state index is 13.8. The number of aryl methyl sites for hydroxylation is 1. The average Bonchev–Trinajstić information content (AvgIpc) is 2.98. The van der Waals surface area contributed by atoms with Crippen molar-refractivity contribution in [1.82, 2.24) is 15.1 Å². The summed E-state index contributed by atoms with van der Waals surface area (Å²) in [5, 5.41) is 3.04. The summed E-state index contributed by atoms with van der Waals surface area (Å²) in [6.07, 6.45) is 4.66. The van der Waals surface area contributed by atoms with Gasteiger partial charge in [-0.25, -0.2) is 0 Å². The zero-order valence-electron chi connectivity index (χ0n) is 22.6. The zero-order chi connectivity index (χ0) is 26.9. The second-order valence-corrected chi connectivity index (χ2v) is 10.8. The molecule has 6 nitrogen and oxygen atoms in total. The first-order valence-electron chi connectivity index (χ1n) is 14.2. The maximum absolute atomic E-state index is 13.8. The van der Waals surface area contributed by atoms with Crippen LogP contribution in [0.1, 0.15) is 42.4 Å². The van der Waals surface area contributed by atoms with Crippen LogP contribution < -0.4 is 5.32 Å². The van der Waals surface area contributed by atoms with Crippen LogP contribution in [0.25, 0.3) is 0 Å². The van der Waals surface area contributed by atoms with Crippen LogP contribution in [0.2, 0.25) is 0 Å². The number of amides is 2. The van der Waals surface area contributed by atoms with E-state index in [2.05, 4.69) is 40.5 Å². The minimum absolute atomic E-state index is 0.0462. The molecule has 2 fully saturated rings. The van der Waals surface area contributed by atoms with E-state index in [4.69, 9.17) is 4.74 Å². The molecule has 5 rings (SSSR count). The van der Waals surface area contributed by atoms with Crippen LogP contribution in [0, 0.1) is 0 Å². The number of rotatable bonds is 11. The van der Waals surface area contributed by atoms with E-state index in [9.17, 15) is 9.59 Å². The van der Waals surface area contributed by atoms with E-state index in [1.54, 1.807) is 0 Å². The number of nitrogens with zero attached hydrogens (tertiary/aromatic N) is 2. The van der Waals surface area contributed by atoms with Gasteiger partial charge < -0.3 is 19.9 Å². The second kappa shape index (κ2) is 13.0. The summed E-state index contributed by atoms with van der Waals surface area (Å²) >= 11 is 0. The third-order valence-corrected chi connectivity index (χ3v) is 8.10. The predicted molar refractivity (Wildman–Crippen MR) is 153 cm³/mol. The van der Waals surface area contributed by atoms with Gasteiger partial charge in [-0.05, 0) is 55.3 Å². The van der Waals surface area contributed by atoms with E-state index in [-0.39, 0.29) is 18.4 Å². The topological polar surface area (TPSA) is 61.9 Å². The zero-order valence-corrected chi connectivity index (χ0v) is 22.6. The van der Waals surface area contributed by atoms with Crippen molar-refractivity contribution >= 4 is 11.8 Å². The second-order valence-electron chi connectivity index (χ2n) is 10.8. The van der Waals surface area contributed by atoms with E-state index in [1.165, 1.54) is 5.56 Å². The molecule has 2 amide bonds. The standard InChI is InChI=1S/C33H39N3O3/c37-31-30(26-39-25-29-17-8-3-9-18-29)34-32(38)33(36(31)24-28-15-6-2-7-16-28)19-22-35(23-20-33)21-11-10-14-27-12-4-1-5-13-27/h1-9,12-13,15-18,30H,10-11,14,19-26H2,(H,34,38). The van der Waals surface area contributed by atoms with Crippen molar-refractivity contribution in [3.63, 3.8) is 0 Å². The molecule has 204 valence electrons. The Morgan fingerprint density at radius 2 is 1.36 bits per heavy atom. The molecule has 0 aliphatic carbocycles. The Hall–Kier alpha value is -3.48. The first kappa shape index (κ1) is 27.1. The monoisotopic (exact) mass is 525 g/mol. The third-order valence-electron chi connectivity index (χ3n) is 8.10. The Morgan fingerprint density at radius 3 is 2.00 bits per heavy atom. The number of hydrogen-bond donors (Lipinski definition) is 1.